The molecule has 1 atom stereocenters. The predicted molar refractivity (Wildman–Crippen MR) is 100 cm³/mol. The predicted octanol–water partition coefficient (Wildman–Crippen LogP) is 4.73. The van der Waals surface area contributed by atoms with E-state index in [4.69, 9.17) is 4.98 Å². The number of carboxylic acids is 1. The van der Waals surface area contributed by atoms with Crippen molar-refractivity contribution in [3.63, 3.8) is 0 Å². The molecule has 0 fully saturated rings. The normalized spacial score (nSPS) is 15.1. The lowest BCUT2D eigenvalue weighted by Gasteiger charge is -2.19. The van der Waals surface area contributed by atoms with Gasteiger partial charge < -0.3 is 5.11 Å². The molecular formula is C20H20N2O2S. The van der Waals surface area contributed by atoms with Crippen LogP contribution in [-0.4, -0.2) is 21.0 Å². The number of thiophene rings is 1. The van der Waals surface area contributed by atoms with Crippen LogP contribution in [-0.2, 0) is 17.6 Å². The van der Waals surface area contributed by atoms with Crippen molar-refractivity contribution < 1.29 is 9.90 Å². The SMILES string of the molecule is Cc1nc2sc3c(c2c(-c2cccnc2)c1C(C)C(=O)O)CCCC3. The number of carbonyl (C=O) groups is 1. The van der Waals surface area contributed by atoms with Crippen LogP contribution in [0.25, 0.3) is 21.3 Å². The molecule has 4 rings (SSSR count). The quantitative estimate of drug-likeness (QED) is 0.740. The van der Waals surface area contributed by atoms with Gasteiger partial charge in [-0.05, 0) is 62.3 Å². The van der Waals surface area contributed by atoms with Crippen LogP contribution < -0.4 is 0 Å². The van der Waals surface area contributed by atoms with Gasteiger partial charge in [-0.3, -0.25) is 9.78 Å². The average Bonchev–Trinajstić information content (AvgIpc) is 2.98. The third kappa shape index (κ3) is 2.63. The molecular weight excluding hydrogens is 332 g/mol. The van der Waals surface area contributed by atoms with Gasteiger partial charge in [-0.25, -0.2) is 4.98 Å². The van der Waals surface area contributed by atoms with Crippen LogP contribution in [0.15, 0.2) is 24.5 Å². The number of nitrogens with zero attached hydrogens (tertiary/aromatic N) is 2. The third-order valence-corrected chi connectivity index (χ3v) is 6.27. The van der Waals surface area contributed by atoms with Gasteiger partial charge in [0, 0.05) is 33.9 Å². The van der Waals surface area contributed by atoms with Gasteiger partial charge in [0.05, 0.1) is 5.92 Å². The molecule has 0 saturated carbocycles. The van der Waals surface area contributed by atoms with Crippen molar-refractivity contribution in [1.29, 1.82) is 0 Å². The number of aromatic nitrogens is 2. The number of aryl methyl sites for hydroxylation is 3. The molecule has 1 aliphatic carbocycles. The Labute approximate surface area is 150 Å². The summed E-state index contributed by atoms with van der Waals surface area (Å²) < 4.78 is 0. The minimum absolute atomic E-state index is 0.605. The van der Waals surface area contributed by atoms with Crippen molar-refractivity contribution in [2.45, 2.75) is 45.4 Å². The molecule has 3 aromatic rings. The Morgan fingerprint density at radius 2 is 2.12 bits per heavy atom. The molecule has 3 heterocycles. The van der Waals surface area contributed by atoms with E-state index in [9.17, 15) is 9.90 Å². The monoisotopic (exact) mass is 352 g/mol. The van der Waals surface area contributed by atoms with E-state index >= 15 is 0 Å². The minimum atomic E-state index is -0.821. The second kappa shape index (κ2) is 6.23. The second-order valence-corrected chi connectivity index (χ2v) is 7.76. The van der Waals surface area contributed by atoms with Crippen LogP contribution in [0.1, 0.15) is 47.4 Å². The zero-order chi connectivity index (χ0) is 17.6. The van der Waals surface area contributed by atoms with E-state index in [0.717, 1.165) is 45.4 Å². The second-order valence-electron chi connectivity index (χ2n) is 6.68. The standard InChI is InChI=1S/C20H20N2O2S/c1-11(20(23)24)16-12(2)22-19-18(14-7-3-4-8-15(14)25-19)17(16)13-6-5-9-21-10-13/h5-6,9-11H,3-4,7-8H2,1-2H3,(H,23,24). The first kappa shape index (κ1) is 16.2. The lowest BCUT2D eigenvalue weighted by molar-refractivity contribution is -0.138. The number of carboxylic acid groups (broad SMARTS) is 1. The van der Waals surface area contributed by atoms with Crippen LogP contribution in [0.4, 0.5) is 0 Å². The third-order valence-electron chi connectivity index (χ3n) is 5.08. The highest BCUT2D eigenvalue weighted by molar-refractivity contribution is 7.19. The fourth-order valence-electron chi connectivity index (χ4n) is 3.88. The fourth-order valence-corrected chi connectivity index (χ4v) is 5.20. The highest BCUT2D eigenvalue weighted by Crippen LogP contribution is 2.44. The van der Waals surface area contributed by atoms with Crippen molar-refractivity contribution in [3.8, 4) is 11.1 Å². The van der Waals surface area contributed by atoms with E-state index in [1.807, 2.05) is 25.3 Å². The summed E-state index contributed by atoms with van der Waals surface area (Å²) in [7, 11) is 0. The molecule has 0 bridgehead atoms. The van der Waals surface area contributed by atoms with E-state index in [1.54, 1.807) is 24.5 Å². The Morgan fingerprint density at radius 1 is 1.32 bits per heavy atom. The van der Waals surface area contributed by atoms with E-state index in [2.05, 4.69) is 4.98 Å². The fraction of sp³-hybridized carbons (Fsp3) is 0.350. The molecule has 3 aromatic heterocycles. The zero-order valence-electron chi connectivity index (χ0n) is 14.4. The summed E-state index contributed by atoms with van der Waals surface area (Å²) in [4.78, 5) is 23.3. The van der Waals surface area contributed by atoms with Gasteiger partial charge in [0.2, 0.25) is 0 Å². The number of hydrogen-bond donors (Lipinski definition) is 1. The van der Waals surface area contributed by atoms with E-state index in [-0.39, 0.29) is 0 Å². The van der Waals surface area contributed by atoms with Crippen molar-refractivity contribution in [1.82, 2.24) is 9.97 Å². The first-order valence-corrected chi connectivity index (χ1v) is 9.47. The van der Waals surface area contributed by atoms with Crippen LogP contribution in [0.2, 0.25) is 0 Å². The number of fused-ring (bicyclic) bond motifs is 3. The van der Waals surface area contributed by atoms with Gasteiger partial charge in [-0.2, -0.15) is 0 Å². The van der Waals surface area contributed by atoms with Crippen LogP contribution in [0.5, 0.6) is 0 Å². The van der Waals surface area contributed by atoms with E-state index in [0.29, 0.717) is 0 Å². The number of rotatable bonds is 3. The smallest absolute Gasteiger partial charge is 0.310 e. The van der Waals surface area contributed by atoms with Gasteiger partial charge in [-0.1, -0.05) is 6.07 Å². The number of pyridine rings is 2. The zero-order valence-corrected chi connectivity index (χ0v) is 15.2. The minimum Gasteiger partial charge on any atom is -0.481 e. The van der Waals surface area contributed by atoms with Crippen LogP contribution in [0, 0.1) is 6.92 Å². The Kier molecular flexibility index (Phi) is 4.04. The molecule has 1 N–H and O–H groups in total. The molecule has 0 saturated heterocycles. The molecule has 1 aliphatic rings. The molecule has 0 radical (unpaired) electrons. The summed E-state index contributed by atoms with van der Waals surface area (Å²) in [6, 6.07) is 3.93. The van der Waals surface area contributed by atoms with Crippen molar-refractivity contribution in [2.24, 2.45) is 0 Å². The molecule has 0 amide bonds. The molecule has 4 nitrogen and oxygen atoms in total. The van der Waals surface area contributed by atoms with Gasteiger partial charge in [0.1, 0.15) is 4.83 Å². The maximum atomic E-state index is 11.8. The lowest BCUT2D eigenvalue weighted by atomic mass is 9.86. The first-order chi connectivity index (χ1) is 12.1. The molecule has 1 unspecified atom stereocenters. The van der Waals surface area contributed by atoms with Gasteiger partial charge in [0.25, 0.3) is 0 Å². The molecule has 0 spiro atoms. The largest absolute Gasteiger partial charge is 0.481 e. The van der Waals surface area contributed by atoms with E-state index in [1.165, 1.54) is 23.3 Å². The van der Waals surface area contributed by atoms with Crippen molar-refractivity contribution in [3.05, 3.63) is 46.2 Å². The molecule has 0 aliphatic heterocycles. The highest BCUT2D eigenvalue weighted by atomic mass is 32.1. The average molecular weight is 352 g/mol. The topological polar surface area (TPSA) is 63.1 Å². The molecule has 0 aromatic carbocycles. The first-order valence-electron chi connectivity index (χ1n) is 8.66. The Morgan fingerprint density at radius 3 is 2.84 bits per heavy atom. The van der Waals surface area contributed by atoms with Gasteiger partial charge >= 0.3 is 5.97 Å². The van der Waals surface area contributed by atoms with Crippen LogP contribution in [0.3, 0.4) is 0 Å². The Bertz CT molecular complexity index is 963. The summed E-state index contributed by atoms with van der Waals surface area (Å²) in [5, 5.41) is 10.8. The van der Waals surface area contributed by atoms with Gasteiger partial charge in [-0.15, -0.1) is 11.3 Å². The Hall–Kier alpha value is -2.27. The lowest BCUT2D eigenvalue weighted by Crippen LogP contribution is -2.12. The summed E-state index contributed by atoms with van der Waals surface area (Å²) in [6.07, 6.45) is 8.14. The number of aliphatic carboxylic acids is 1. The maximum absolute atomic E-state index is 11.8. The summed E-state index contributed by atoms with van der Waals surface area (Å²) >= 11 is 1.77. The molecule has 128 valence electrons. The van der Waals surface area contributed by atoms with Crippen LogP contribution >= 0.6 is 11.3 Å². The van der Waals surface area contributed by atoms with Gasteiger partial charge in [0.15, 0.2) is 0 Å². The summed E-state index contributed by atoms with van der Waals surface area (Å²) in [5.74, 6) is -1.43. The number of hydrogen-bond acceptors (Lipinski definition) is 4. The Balaban J connectivity index is 2.13. The maximum Gasteiger partial charge on any atom is 0.310 e. The molecule has 25 heavy (non-hydrogen) atoms. The molecule has 5 heteroatoms. The summed E-state index contributed by atoms with van der Waals surface area (Å²) in [5.41, 5.74) is 4.99. The van der Waals surface area contributed by atoms with Crippen molar-refractivity contribution >= 4 is 27.5 Å². The van der Waals surface area contributed by atoms with E-state index < -0.39 is 11.9 Å². The summed E-state index contributed by atoms with van der Waals surface area (Å²) in [6.45, 7) is 3.67. The van der Waals surface area contributed by atoms with Crippen molar-refractivity contribution in [2.75, 3.05) is 0 Å². The highest BCUT2D eigenvalue weighted by Gasteiger charge is 2.27.